The number of hydrogen-bond donors (Lipinski definition) is 0. The van der Waals surface area contributed by atoms with Crippen molar-refractivity contribution in [2.24, 2.45) is 0 Å². The molecule has 222 valence electrons. The minimum atomic E-state index is -0.0696. The van der Waals surface area contributed by atoms with Gasteiger partial charge < -0.3 is 4.57 Å². The third kappa shape index (κ3) is 3.79. The fourth-order valence-electron chi connectivity index (χ4n) is 7.72. The summed E-state index contributed by atoms with van der Waals surface area (Å²) in [7, 11) is 0. The molecule has 3 nitrogen and oxygen atoms in total. The Morgan fingerprint density at radius 2 is 1.28 bits per heavy atom. The number of rotatable bonds is 3. The normalized spacial score (nSPS) is 13.5. The number of nitrogens with zero attached hydrogens (tertiary/aromatic N) is 3. The van der Waals surface area contributed by atoms with E-state index in [4.69, 9.17) is 9.97 Å². The number of hydrogen-bond acceptors (Lipinski definition) is 3. The lowest BCUT2D eigenvalue weighted by Crippen LogP contribution is -2.14. The second-order valence-electron chi connectivity index (χ2n) is 13.0. The van der Waals surface area contributed by atoms with Gasteiger partial charge in [-0.1, -0.05) is 117 Å². The van der Waals surface area contributed by atoms with Crippen LogP contribution in [-0.4, -0.2) is 14.5 Å². The Bertz CT molecular complexity index is 2700. The molecule has 0 N–H and O–H groups in total. The fourth-order valence-corrected chi connectivity index (χ4v) is 8.91. The summed E-state index contributed by atoms with van der Waals surface area (Å²) in [6.07, 6.45) is 0. The zero-order valence-corrected chi connectivity index (χ0v) is 26.8. The van der Waals surface area contributed by atoms with Crippen molar-refractivity contribution in [1.82, 2.24) is 14.5 Å². The Labute approximate surface area is 276 Å². The van der Waals surface area contributed by atoms with Crippen molar-refractivity contribution in [2.75, 3.05) is 0 Å². The summed E-state index contributed by atoms with van der Waals surface area (Å²) in [5, 5.41) is 3.71. The largest absolute Gasteiger partial charge is 0.309 e. The van der Waals surface area contributed by atoms with Gasteiger partial charge in [0.05, 0.1) is 26.9 Å². The molecular formula is C43H29N3S. The van der Waals surface area contributed by atoms with Crippen molar-refractivity contribution < 1.29 is 0 Å². The molecule has 0 spiro atoms. The minimum Gasteiger partial charge on any atom is -0.309 e. The second-order valence-corrected chi connectivity index (χ2v) is 14.1. The Kier molecular flexibility index (Phi) is 5.50. The second kappa shape index (κ2) is 9.71. The average molecular weight is 620 g/mol. The predicted octanol–water partition coefficient (Wildman–Crippen LogP) is 11.6. The summed E-state index contributed by atoms with van der Waals surface area (Å²) in [5.41, 5.74) is 13.1. The van der Waals surface area contributed by atoms with E-state index in [0.29, 0.717) is 0 Å². The van der Waals surface area contributed by atoms with E-state index in [-0.39, 0.29) is 5.41 Å². The number of thiophene rings is 1. The highest BCUT2D eigenvalue weighted by Gasteiger charge is 2.36. The standard InChI is InChI=1S/C43H29N3S/c1-43(2)34-19-11-9-17-29(34)32-24-33-30-18-10-12-20-36(30)46(37(33)25-35(32)43)28-21-22-31-38(23-28)47-41-39(26-13-5-3-6-14-26)44-42(45-40(31)41)27-15-7-4-8-16-27/h3-25H,1-2H3. The van der Waals surface area contributed by atoms with Gasteiger partial charge in [-0.05, 0) is 58.7 Å². The molecule has 0 saturated heterocycles. The van der Waals surface area contributed by atoms with Crippen molar-refractivity contribution in [3.05, 3.63) is 151 Å². The van der Waals surface area contributed by atoms with Crippen LogP contribution in [0, 0.1) is 0 Å². The molecule has 0 radical (unpaired) electrons. The number of aromatic nitrogens is 3. The van der Waals surface area contributed by atoms with Crippen molar-refractivity contribution >= 4 is 53.4 Å². The minimum absolute atomic E-state index is 0.0696. The van der Waals surface area contributed by atoms with E-state index >= 15 is 0 Å². The highest BCUT2D eigenvalue weighted by Crippen LogP contribution is 2.51. The number of fused-ring (bicyclic) bond motifs is 9. The lowest BCUT2D eigenvalue weighted by Gasteiger charge is -2.21. The third-order valence-electron chi connectivity index (χ3n) is 10.0. The molecule has 1 aliphatic carbocycles. The summed E-state index contributed by atoms with van der Waals surface area (Å²) in [6, 6.07) is 50.2. The highest BCUT2D eigenvalue weighted by molar-refractivity contribution is 7.26. The molecule has 0 amide bonds. The van der Waals surface area contributed by atoms with Gasteiger partial charge in [-0.15, -0.1) is 11.3 Å². The molecule has 9 aromatic rings. The molecule has 3 heterocycles. The molecule has 1 aliphatic rings. The van der Waals surface area contributed by atoms with Crippen molar-refractivity contribution in [3.8, 4) is 39.5 Å². The molecular weight excluding hydrogens is 591 g/mol. The van der Waals surface area contributed by atoms with Gasteiger partial charge >= 0.3 is 0 Å². The molecule has 0 fully saturated rings. The Hall–Kier alpha value is -5.58. The smallest absolute Gasteiger partial charge is 0.160 e. The van der Waals surface area contributed by atoms with E-state index in [2.05, 4.69) is 140 Å². The summed E-state index contributed by atoms with van der Waals surface area (Å²) >= 11 is 1.78. The predicted molar refractivity (Wildman–Crippen MR) is 198 cm³/mol. The van der Waals surface area contributed by atoms with E-state index < -0.39 is 0 Å². The molecule has 0 unspecified atom stereocenters. The van der Waals surface area contributed by atoms with Crippen molar-refractivity contribution in [1.29, 1.82) is 0 Å². The van der Waals surface area contributed by atoms with Crippen molar-refractivity contribution in [3.63, 3.8) is 0 Å². The van der Waals surface area contributed by atoms with Crippen LogP contribution in [0.2, 0.25) is 0 Å². The summed E-state index contributed by atoms with van der Waals surface area (Å²) in [4.78, 5) is 10.3. The first-order chi connectivity index (χ1) is 23.1. The topological polar surface area (TPSA) is 30.7 Å². The van der Waals surface area contributed by atoms with Crippen LogP contribution in [0.1, 0.15) is 25.0 Å². The molecule has 0 bridgehead atoms. The highest BCUT2D eigenvalue weighted by atomic mass is 32.1. The molecule has 3 aromatic heterocycles. The van der Waals surface area contributed by atoms with E-state index in [0.717, 1.165) is 43.9 Å². The summed E-state index contributed by atoms with van der Waals surface area (Å²) < 4.78 is 4.77. The van der Waals surface area contributed by atoms with Crippen LogP contribution >= 0.6 is 11.3 Å². The molecule has 6 aromatic carbocycles. The third-order valence-corrected chi connectivity index (χ3v) is 11.2. The zero-order chi connectivity index (χ0) is 31.3. The SMILES string of the molecule is CC1(C)c2ccccc2-c2cc3c4ccccc4n(-c4ccc5c(c4)sc4c(-c6ccccc6)nc(-c6ccccc6)nc45)c3cc21. The maximum Gasteiger partial charge on any atom is 0.160 e. The van der Waals surface area contributed by atoms with E-state index in [1.807, 2.05) is 18.2 Å². The summed E-state index contributed by atoms with van der Waals surface area (Å²) in [5.74, 6) is 0.751. The lowest BCUT2D eigenvalue weighted by atomic mass is 9.82. The fraction of sp³-hybridized carbons (Fsp3) is 0.0698. The van der Waals surface area contributed by atoms with Crippen molar-refractivity contribution in [2.45, 2.75) is 19.3 Å². The van der Waals surface area contributed by atoms with Gasteiger partial charge in [0.25, 0.3) is 0 Å². The number of para-hydroxylation sites is 1. The van der Waals surface area contributed by atoms with Gasteiger partial charge in [-0.2, -0.15) is 0 Å². The van der Waals surface area contributed by atoms with Gasteiger partial charge in [0, 0.05) is 43.1 Å². The van der Waals surface area contributed by atoms with E-state index in [9.17, 15) is 0 Å². The Balaban J connectivity index is 1.23. The molecule has 0 atom stereocenters. The van der Waals surface area contributed by atoms with Crippen LogP contribution < -0.4 is 0 Å². The molecule has 10 rings (SSSR count). The lowest BCUT2D eigenvalue weighted by molar-refractivity contribution is 0.661. The van der Waals surface area contributed by atoms with Crippen LogP contribution in [0.25, 0.3) is 81.6 Å². The van der Waals surface area contributed by atoms with Gasteiger partial charge in [0.2, 0.25) is 0 Å². The first-order valence-corrected chi connectivity index (χ1v) is 16.9. The quantitative estimate of drug-likeness (QED) is 0.197. The maximum atomic E-state index is 5.18. The number of benzene rings is 6. The monoisotopic (exact) mass is 619 g/mol. The molecule has 4 heteroatoms. The molecule has 47 heavy (non-hydrogen) atoms. The Morgan fingerprint density at radius 3 is 2.11 bits per heavy atom. The van der Waals surface area contributed by atoms with Gasteiger partial charge in [-0.3, -0.25) is 0 Å². The first kappa shape index (κ1) is 26.6. The van der Waals surface area contributed by atoms with Crippen LogP contribution in [0.3, 0.4) is 0 Å². The van der Waals surface area contributed by atoms with E-state index in [1.165, 1.54) is 48.8 Å². The van der Waals surface area contributed by atoms with Crippen LogP contribution in [0.15, 0.2) is 140 Å². The maximum absolute atomic E-state index is 5.18. The van der Waals surface area contributed by atoms with Crippen LogP contribution in [0.5, 0.6) is 0 Å². The molecule has 0 aliphatic heterocycles. The van der Waals surface area contributed by atoms with Gasteiger partial charge in [-0.25, -0.2) is 9.97 Å². The zero-order valence-electron chi connectivity index (χ0n) is 26.0. The summed E-state index contributed by atoms with van der Waals surface area (Å²) in [6.45, 7) is 4.71. The molecule has 0 saturated carbocycles. The first-order valence-electron chi connectivity index (χ1n) is 16.1. The van der Waals surface area contributed by atoms with Gasteiger partial charge in [0.1, 0.15) is 0 Å². The Morgan fingerprint density at radius 1 is 0.553 bits per heavy atom. The van der Waals surface area contributed by atoms with E-state index in [1.54, 1.807) is 11.3 Å². The van der Waals surface area contributed by atoms with Crippen LogP contribution in [-0.2, 0) is 5.41 Å². The van der Waals surface area contributed by atoms with Gasteiger partial charge in [0.15, 0.2) is 5.82 Å². The average Bonchev–Trinajstić information content (AvgIpc) is 3.73. The van der Waals surface area contributed by atoms with Crippen LogP contribution in [0.4, 0.5) is 0 Å².